The molecule has 0 bridgehead atoms. The third-order valence-corrected chi connectivity index (χ3v) is 5.81. The average Bonchev–Trinajstić information content (AvgIpc) is 2.95. The Hall–Kier alpha value is -2.48. The lowest BCUT2D eigenvalue weighted by molar-refractivity contribution is -0.125. The molecule has 25 heavy (non-hydrogen) atoms. The molecule has 0 aromatic heterocycles. The first-order valence-electron chi connectivity index (χ1n) is 9.13. The topological polar surface area (TPSA) is 34.1 Å². The highest BCUT2D eigenvalue weighted by Crippen LogP contribution is 2.54. The molecule has 2 aliphatic carbocycles. The number of carbonyl (C=O) groups excluding carboxylic acids is 2. The van der Waals surface area contributed by atoms with Gasteiger partial charge in [-0.15, -0.1) is 0 Å². The molecule has 1 saturated carbocycles. The molecule has 126 valence electrons. The minimum atomic E-state index is -0.531. The normalized spacial score (nSPS) is 22.0. The molecule has 0 amide bonds. The largest absolute Gasteiger partial charge is 0.294 e. The van der Waals surface area contributed by atoms with E-state index in [1.807, 2.05) is 60.7 Å². The molecule has 1 atom stereocenters. The van der Waals surface area contributed by atoms with Crippen LogP contribution in [0.15, 0.2) is 66.7 Å². The average molecular weight is 330 g/mol. The van der Waals surface area contributed by atoms with E-state index in [0.29, 0.717) is 5.56 Å². The van der Waals surface area contributed by atoms with Crippen molar-refractivity contribution < 1.29 is 9.59 Å². The van der Waals surface area contributed by atoms with Crippen molar-refractivity contribution in [2.45, 2.75) is 32.1 Å². The molecule has 4 rings (SSSR count). The van der Waals surface area contributed by atoms with Crippen LogP contribution in [0.3, 0.4) is 0 Å². The Balaban J connectivity index is 1.82. The van der Waals surface area contributed by atoms with E-state index in [-0.39, 0.29) is 17.5 Å². The number of hydrogen-bond acceptors (Lipinski definition) is 2. The molecule has 0 radical (unpaired) electrons. The van der Waals surface area contributed by atoms with Crippen LogP contribution in [0.5, 0.6) is 0 Å². The first kappa shape index (κ1) is 16.0. The Bertz CT molecular complexity index is 812. The predicted molar refractivity (Wildman–Crippen MR) is 99.2 cm³/mol. The van der Waals surface area contributed by atoms with E-state index in [9.17, 15) is 9.59 Å². The Morgan fingerprint density at radius 1 is 0.840 bits per heavy atom. The zero-order chi connectivity index (χ0) is 17.3. The maximum absolute atomic E-state index is 13.5. The van der Waals surface area contributed by atoms with E-state index in [1.54, 1.807) is 6.08 Å². The first-order chi connectivity index (χ1) is 12.2. The SMILES string of the molecule is O=C(c1ccccc1)C1C(c2ccccc2)=CC(=O)C12CCCCC2. The van der Waals surface area contributed by atoms with E-state index in [2.05, 4.69) is 0 Å². The van der Waals surface area contributed by atoms with Crippen molar-refractivity contribution in [3.8, 4) is 0 Å². The summed E-state index contributed by atoms with van der Waals surface area (Å²) in [5, 5.41) is 0. The summed E-state index contributed by atoms with van der Waals surface area (Å²) in [6.07, 6.45) is 6.61. The van der Waals surface area contributed by atoms with Crippen LogP contribution in [-0.4, -0.2) is 11.6 Å². The fourth-order valence-corrected chi connectivity index (χ4v) is 4.57. The number of rotatable bonds is 3. The van der Waals surface area contributed by atoms with Crippen molar-refractivity contribution in [2.24, 2.45) is 11.3 Å². The van der Waals surface area contributed by atoms with Crippen LogP contribution < -0.4 is 0 Å². The second kappa shape index (κ2) is 6.44. The van der Waals surface area contributed by atoms with Crippen LogP contribution >= 0.6 is 0 Å². The van der Waals surface area contributed by atoms with Gasteiger partial charge in [0.1, 0.15) is 0 Å². The summed E-state index contributed by atoms with van der Waals surface area (Å²) in [6, 6.07) is 19.3. The number of allylic oxidation sites excluding steroid dienone is 2. The van der Waals surface area contributed by atoms with Gasteiger partial charge >= 0.3 is 0 Å². The van der Waals surface area contributed by atoms with Crippen LogP contribution in [0.2, 0.25) is 0 Å². The Morgan fingerprint density at radius 3 is 2.08 bits per heavy atom. The van der Waals surface area contributed by atoms with Gasteiger partial charge in [0.25, 0.3) is 0 Å². The standard InChI is InChI=1S/C23H22O2/c24-20-16-19(17-10-4-1-5-11-17)21(23(20)14-8-3-9-15-23)22(25)18-12-6-2-7-13-18/h1-2,4-7,10-13,16,21H,3,8-9,14-15H2. The molecular formula is C23H22O2. The van der Waals surface area contributed by atoms with E-state index >= 15 is 0 Å². The summed E-state index contributed by atoms with van der Waals surface area (Å²) in [5.41, 5.74) is 2.07. The monoisotopic (exact) mass is 330 g/mol. The molecule has 2 aliphatic rings. The molecule has 2 heteroatoms. The van der Waals surface area contributed by atoms with E-state index < -0.39 is 5.41 Å². The van der Waals surface area contributed by atoms with Crippen molar-refractivity contribution in [1.82, 2.24) is 0 Å². The lowest BCUT2D eigenvalue weighted by Gasteiger charge is -2.38. The van der Waals surface area contributed by atoms with Gasteiger partial charge in [-0.3, -0.25) is 9.59 Å². The zero-order valence-corrected chi connectivity index (χ0v) is 14.3. The summed E-state index contributed by atoms with van der Waals surface area (Å²) in [6.45, 7) is 0. The highest BCUT2D eigenvalue weighted by atomic mass is 16.1. The number of ketones is 2. The first-order valence-corrected chi connectivity index (χ1v) is 9.13. The van der Waals surface area contributed by atoms with Crippen LogP contribution in [0.1, 0.15) is 48.0 Å². The summed E-state index contributed by atoms with van der Waals surface area (Å²) in [7, 11) is 0. The van der Waals surface area contributed by atoms with Gasteiger partial charge in [-0.2, -0.15) is 0 Å². The van der Waals surface area contributed by atoms with Crippen LogP contribution in [0, 0.1) is 11.3 Å². The maximum atomic E-state index is 13.5. The number of carbonyl (C=O) groups is 2. The molecule has 2 aromatic carbocycles. The van der Waals surface area contributed by atoms with Gasteiger partial charge < -0.3 is 0 Å². The van der Waals surface area contributed by atoms with Gasteiger partial charge in [-0.1, -0.05) is 79.9 Å². The van der Waals surface area contributed by atoms with Crippen molar-refractivity contribution in [1.29, 1.82) is 0 Å². The Labute approximate surface area is 148 Å². The second-order valence-corrected chi connectivity index (χ2v) is 7.21. The highest BCUT2D eigenvalue weighted by Gasteiger charge is 2.53. The quantitative estimate of drug-likeness (QED) is 0.734. The molecule has 0 aliphatic heterocycles. The molecule has 1 unspecified atom stereocenters. The number of hydrogen-bond donors (Lipinski definition) is 0. The molecule has 0 heterocycles. The summed E-state index contributed by atoms with van der Waals surface area (Å²) < 4.78 is 0. The van der Waals surface area contributed by atoms with Crippen molar-refractivity contribution in [2.75, 3.05) is 0 Å². The Morgan fingerprint density at radius 2 is 1.44 bits per heavy atom. The third kappa shape index (κ3) is 2.66. The van der Waals surface area contributed by atoms with Crippen LogP contribution in [-0.2, 0) is 4.79 Å². The molecule has 1 fully saturated rings. The predicted octanol–water partition coefficient (Wildman–Crippen LogP) is 5.10. The molecule has 2 aromatic rings. The minimum absolute atomic E-state index is 0.0865. The van der Waals surface area contributed by atoms with E-state index in [0.717, 1.165) is 43.2 Å². The second-order valence-electron chi connectivity index (χ2n) is 7.21. The summed E-state index contributed by atoms with van der Waals surface area (Å²) in [4.78, 5) is 26.5. The maximum Gasteiger partial charge on any atom is 0.171 e. The summed E-state index contributed by atoms with van der Waals surface area (Å²) in [5.74, 6) is -0.117. The molecule has 0 saturated heterocycles. The van der Waals surface area contributed by atoms with Gasteiger partial charge in [0.2, 0.25) is 0 Å². The van der Waals surface area contributed by atoms with Crippen molar-refractivity contribution in [3.05, 3.63) is 77.9 Å². The highest BCUT2D eigenvalue weighted by molar-refractivity contribution is 6.17. The molecular weight excluding hydrogens is 308 g/mol. The lowest BCUT2D eigenvalue weighted by atomic mass is 9.63. The lowest BCUT2D eigenvalue weighted by Crippen LogP contribution is -2.40. The van der Waals surface area contributed by atoms with Crippen molar-refractivity contribution >= 4 is 17.1 Å². The third-order valence-electron chi connectivity index (χ3n) is 5.81. The van der Waals surface area contributed by atoms with Gasteiger partial charge in [-0.25, -0.2) is 0 Å². The Kier molecular flexibility index (Phi) is 4.12. The number of benzene rings is 2. The van der Waals surface area contributed by atoms with Gasteiger partial charge in [0.15, 0.2) is 11.6 Å². The zero-order valence-electron chi connectivity index (χ0n) is 14.3. The number of Topliss-reactive ketones (excluding diaryl/α,β-unsaturated/α-hetero) is 1. The van der Waals surface area contributed by atoms with E-state index in [4.69, 9.17) is 0 Å². The van der Waals surface area contributed by atoms with Crippen LogP contribution in [0.25, 0.3) is 5.57 Å². The van der Waals surface area contributed by atoms with Crippen LogP contribution in [0.4, 0.5) is 0 Å². The molecule has 2 nitrogen and oxygen atoms in total. The van der Waals surface area contributed by atoms with Gasteiger partial charge in [-0.05, 0) is 30.1 Å². The van der Waals surface area contributed by atoms with Gasteiger partial charge in [0, 0.05) is 11.0 Å². The molecule has 0 N–H and O–H groups in total. The fraction of sp³-hybridized carbons (Fsp3) is 0.304. The van der Waals surface area contributed by atoms with E-state index in [1.165, 1.54) is 0 Å². The smallest absolute Gasteiger partial charge is 0.171 e. The van der Waals surface area contributed by atoms with Gasteiger partial charge in [0.05, 0.1) is 5.92 Å². The molecule has 1 spiro atoms. The fourth-order valence-electron chi connectivity index (χ4n) is 4.57. The minimum Gasteiger partial charge on any atom is -0.294 e. The van der Waals surface area contributed by atoms with Crippen molar-refractivity contribution in [3.63, 3.8) is 0 Å². The summed E-state index contributed by atoms with van der Waals surface area (Å²) >= 11 is 0.